The first-order valence-corrected chi connectivity index (χ1v) is 39.1. The summed E-state index contributed by atoms with van der Waals surface area (Å²) in [6, 6.07) is 147. The molecule has 0 amide bonds. The first-order chi connectivity index (χ1) is 56.5. The van der Waals surface area contributed by atoms with Crippen LogP contribution >= 0.6 is 0 Å². The van der Waals surface area contributed by atoms with Gasteiger partial charge in [-0.2, -0.15) is 0 Å². The van der Waals surface area contributed by atoms with Crippen LogP contribution in [0.5, 0.6) is 0 Å². The lowest BCUT2D eigenvalue weighted by Crippen LogP contribution is -1.94. The van der Waals surface area contributed by atoms with E-state index in [2.05, 4.69) is 394 Å². The van der Waals surface area contributed by atoms with Crippen LogP contribution in [0.15, 0.2) is 409 Å². The zero-order valence-corrected chi connectivity index (χ0v) is 61.7. The minimum atomic E-state index is 0.906. The van der Waals surface area contributed by atoms with Crippen LogP contribution in [0.2, 0.25) is 0 Å². The van der Waals surface area contributed by atoms with E-state index in [1.807, 2.05) is 24.3 Å². The third-order valence-corrected chi connectivity index (χ3v) is 24.0. The number of nitrogens with zero attached hydrogens (tertiary/aromatic N) is 4. The fourth-order valence-corrected chi connectivity index (χ4v) is 18.5. The summed E-state index contributed by atoms with van der Waals surface area (Å²) in [5.41, 5.74) is 33.8. The van der Waals surface area contributed by atoms with Gasteiger partial charge in [-0.15, -0.1) is 0 Å². The van der Waals surface area contributed by atoms with Gasteiger partial charge in [0.2, 0.25) is 0 Å². The second-order valence-corrected chi connectivity index (χ2v) is 30.3. The monoisotopic (exact) mass is 1450 g/mol. The average molecular weight is 1450 g/mol. The smallest absolute Gasteiger partial charge is 0.143 e. The number of hydrogen-bond acceptors (Lipinski definition) is 2. The Balaban J connectivity index is 0.480. The molecule has 6 heterocycles. The van der Waals surface area contributed by atoms with Crippen LogP contribution in [0.1, 0.15) is 0 Å². The lowest BCUT2D eigenvalue weighted by Gasteiger charge is -2.12. The second kappa shape index (κ2) is 25.2. The molecule has 6 nitrogen and oxygen atoms in total. The van der Waals surface area contributed by atoms with Crippen LogP contribution in [0.3, 0.4) is 0 Å². The second-order valence-electron chi connectivity index (χ2n) is 30.3. The molecule has 0 radical (unpaired) electrons. The van der Waals surface area contributed by atoms with Gasteiger partial charge in [-0.1, -0.05) is 249 Å². The number of benzene rings is 18. The third-order valence-electron chi connectivity index (χ3n) is 24.0. The van der Waals surface area contributed by atoms with Crippen molar-refractivity contribution in [3.8, 4) is 101 Å². The number of aromatic nitrogens is 4. The van der Waals surface area contributed by atoms with Crippen LogP contribution in [0, 0.1) is 0 Å². The molecule has 6 aromatic heterocycles. The number of fused-ring (bicyclic) bond motifs is 18. The minimum absolute atomic E-state index is 0.906. The Morgan fingerprint density at radius 1 is 0.140 bits per heavy atom. The van der Waals surface area contributed by atoms with E-state index in [1.54, 1.807) is 0 Å². The van der Waals surface area contributed by atoms with Gasteiger partial charge in [-0.3, -0.25) is 0 Å². The molecule has 0 saturated heterocycles. The Kier molecular flexibility index (Phi) is 14.0. The van der Waals surface area contributed by atoms with Crippen molar-refractivity contribution in [3.63, 3.8) is 0 Å². The molecule has 0 bridgehead atoms. The van der Waals surface area contributed by atoms with Crippen molar-refractivity contribution in [2.45, 2.75) is 0 Å². The molecule has 530 valence electrons. The molecule has 24 rings (SSSR count). The molecule has 114 heavy (non-hydrogen) atoms. The first-order valence-electron chi connectivity index (χ1n) is 39.1. The molecule has 6 heteroatoms. The van der Waals surface area contributed by atoms with Gasteiger partial charge in [-0.25, -0.2) is 0 Å². The molecule has 0 aliphatic rings. The maximum atomic E-state index is 6.45. The molecule has 0 unspecified atom stereocenters. The minimum Gasteiger partial charge on any atom is -0.456 e. The molecule has 0 atom stereocenters. The standard InChI is InChI=1S/C108H66N4O2/c1-7-25-97-85(17-1)92-62-76(79-46-59-104-95(65-79)88-20-4-10-28-100(88)112(104)83-54-41-72(42-55-83)84-23-14-24-91-89-21-5-12-30-106(89)114-108(84)91)43-56-101(92)109(97)80-48-35-68(36-49-80)67-31-33-69(34-32-67)73-15-13-16-74(61-73)70-37-50-81(51-38-70)110-98-26-8-2-18-86(98)93-63-77(44-57-102(93)110)78-45-58-103-94(64-78)87-19-3-9-27-99(87)111(103)82-52-39-71(40-53-82)75-47-60-107-96(66-75)90-22-6-11-29-105(90)113-107/h1-66H. The van der Waals surface area contributed by atoms with Crippen molar-refractivity contribution in [1.29, 1.82) is 0 Å². The van der Waals surface area contributed by atoms with E-state index >= 15 is 0 Å². The van der Waals surface area contributed by atoms with Crippen molar-refractivity contribution in [2.75, 3.05) is 0 Å². The predicted molar refractivity (Wildman–Crippen MR) is 476 cm³/mol. The van der Waals surface area contributed by atoms with E-state index in [-0.39, 0.29) is 0 Å². The SMILES string of the molecule is c1cc(-c2ccc(-c3ccc(-n4c5ccccc5c5cc(-c6ccc7c(c6)c6ccccc6n7-c6ccc(-c7cccc8c7oc7ccccc78)cc6)ccc54)cc3)cc2)cc(-c2ccc(-n3c4ccccc4c4cc(-c5ccc6c(c5)c5ccccc5n6-c5ccc(-c6ccc7oc8ccccc8c7c6)cc5)ccc43)cc2)c1. The van der Waals surface area contributed by atoms with E-state index in [4.69, 9.17) is 8.83 Å². The Morgan fingerprint density at radius 3 is 0.798 bits per heavy atom. The van der Waals surface area contributed by atoms with Crippen molar-refractivity contribution in [2.24, 2.45) is 0 Å². The maximum Gasteiger partial charge on any atom is 0.143 e. The van der Waals surface area contributed by atoms with Crippen molar-refractivity contribution in [1.82, 2.24) is 18.3 Å². The fraction of sp³-hybridized carbons (Fsp3) is 0. The topological polar surface area (TPSA) is 46.0 Å². The number of furan rings is 2. The van der Waals surface area contributed by atoms with Gasteiger partial charge in [0.1, 0.15) is 22.3 Å². The van der Waals surface area contributed by atoms with Gasteiger partial charge in [-0.05, 0) is 224 Å². The van der Waals surface area contributed by atoms with Gasteiger partial charge in [0.15, 0.2) is 0 Å². The summed E-state index contributed by atoms with van der Waals surface area (Å²) in [5, 5.41) is 14.3. The van der Waals surface area contributed by atoms with Gasteiger partial charge >= 0.3 is 0 Å². The summed E-state index contributed by atoms with van der Waals surface area (Å²) in [5.74, 6) is 0. The van der Waals surface area contributed by atoms with Crippen molar-refractivity contribution < 1.29 is 8.83 Å². The summed E-state index contributed by atoms with van der Waals surface area (Å²) in [6.07, 6.45) is 0. The van der Waals surface area contributed by atoms with Crippen LogP contribution in [0.25, 0.3) is 232 Å². The third kappa shape index (κ3) is 10.0. The zero-order chi connectivity index (χ0) is 74.6. The van der Waals surface area contributed by atoms with Crippen LogP contribution in [-0.2, 0) is 0 Å². The molecular formula is C108H66N4O2. The average Bonchev–Trinajstić information content (AvgIpc) is 1.58. The molecule has 24 aromatic rings. The van der Waals surface area contributed by atoms with Crippen LogP contribution in [-0.4, -0.2) is 18.3 Å². The predicted octanol–water partition coefficient (Wildman–Crippen LogP) is 29.5. The molecule has 0 N–H and O–H groups in total. The summed E-state index contributed by atoms with van der Waals surface area (Å²) in [7, 11) is 0. The van der Waals surface area contributed by atoms with Crippen molar-refractivity contribution in [3.05, 3.63) is 400 Å². The number of rotatable bonds is 11. The highest BCUT2D eigenvalue weighted by Gasteiger charge is 2.22. The van der Waals surface area contributed by atoms with Crippen LogP contribution in [0.4, 0.5) is 0 Å². The van der Waals surface area contributed by atoms with E-state index in [9.17, 15) is 0 Å². The van der Waals surface area contributed by atoms with E-state index in [0.717, 1.165) is 83.3 Å². The molecule has 18 aromatic carbocycles. The van der Waals surface area contributed by atoms with Gasteiger partial charge in [0.25, 0.3) is 0 Å². The summed E-state index contributed by atoms with van der Waals surface area (Å²) >= 11 is 0. The Bertz CT molecular complexity index is 8060. The summed E-state index contributed by atoms with van der Waals surface area (Å²) < 4.78 is 22.2. The quantitative estimate of drug-likeness (QED) is 0.130. The molecule has 0 saturated carbocycles. The number of hydrogen-bond donors (Lipinski definition) is 0. The highest BCUT2D eigenvalue weighted by atomic mass is 16.3. The largest absolute Gasteiger partial charge is 0.456 e. The fourth-order valence-electron chi connectivity index (χ4n) is 18.5. The van der Waals surface area contributed by atoms with Crippen molar-refractivity contribution >= 4 is 131 Å². The lowest BCUT2D eigenvalue weighted by atomic mass is 9.97. The Morgan fingerprint density at radius 2 is 0.395 bits per heavy atom. The summed E-state index contributed by atoms with van der Waals surface area (Å²) in [4.78, 5) is 0. The maximum absolute atomic E-state index is 6.45. The molecule has 0 fully saturated rings. The molecule has 0 aliphatic carbocycles. The normalized spacial score (nSPS) is 12.0. The summed E-state index contributed by atoms with van der Waals surface area (Å²) in [6.45, 7) is 0. The zero-order valence-electron chi connectivity index (χ0n) is 61.7. The van der Waals surface area contributed by atoms with Gasteiger partial charge in [0, 0.05) is 92.9 Å². The molecular weight excluding hydrogens is 1390 g/mol. The van der Waals surface area contributed by atoms with E-state index in [0.29, 0.717) is 0 Å². The molecule has 0 spiro atoms. The van der Waals surface area contributed by atoms with Gasteiger partial charge < -0.3 is 27.1 Å². The lowest BCUT2D eigenvalue weighted by molar-refractivity contribution is 0.669. The first kappa shape index (κ1) is 63.7. The highest BCUT2D eigenvalue weighted by Crippen LogP contribution is 2.45. The number of para-hydroxylation sites is 7. The molecule has 0 aliphatic heterocycles. The van der Waals surface area contributed by atoms with E-state index in [1.165, 1.54) is 148 Å². The highest BCUT2D eigenvalue weighted by molar-refractivity contribution is 6.16. The van der Waals surface area contributed by atoms with E-state index < -0.39 is 0 Å². The van der Waals surface area contributed by atoms with Crippen LogP contribution < -0.4 is 0 Å². The Hall–Kier alpha value is -15.2. The van der Waals surface area contributed by atoms with Gasteiger partial charge in [0.05, 0.1) is 44.1 Å². The Labute approximate surface area is 655 Å².